The fourth-order valence-electron chi connectivity index (χ4n) is 3.54. The summed E-state index contributed by atoms with van der Waals surface area (Å²) in [6.45, 7) is 11.8. The van der Waals surface area contributed by atoms with Gasteiger partial charge in [-0.25, -0.2) is 8.42 Å². The van der Waals surface area contributed by atoms with Gasteiger partial charge in [0.2, 0.25) is 10.0 Å². The molecule has 10 heteroatoms. The van der Waals surface area contributed by atoms with Gasteiger partial charge in [0.15, 0.2) is 5.75 Å². The molecular weight excluding hydrogens is 446 g/mol. The van der Waals surface area contributed by atoms with Gasteiger partial charge in [-0.2, -0.15) is 4.31 Å². The van der Waals surface area contributed by atoms with Gasteiger partial charge in [0.1, 0.15) is 10.6 Å². The highest BCUT2D eigenvalue weighted by molar-refractivity contribution is 7.89. The summed E-state index contributed by atoms with van der Waals surface area (Å²) in [5.41, 5.74) is 1.36. The molecule has 2 aromatic rings. The first-order chi connectivity index (χ1) is 15.3. The monoisotopic (exact) mass is 477 g/mol. The van der Waals surface area contributed by atoms with E-state index in [9.17, 15) is 18.5 Å². The Hall–Kier alpha value is -2.53. The SMILES string of the molecule is Cc1cc(C)cc(Oc2cc([N+](=O)[O-])ccc2S(=O)(=O)N2CCN(COC(C)(C)C)CC2)c1. The van der Waals surface area contributed by atoms with Crippen molar-refractivity contribution in [3.05, 3.63) is 57.6 Å². The Kier molecular flexibility index (Phi) is 7.42. The molecule has 0 saturated carbocycles. The molecule has 33 heavy (non-hydrogen) atoms. The summed E-state index contributed by atoms with van der Waals surface area (Å²) in [5.74, 6) is 0.362. The van der Waals surface area contributed by atoms with Gasteiger partial charge < -0.3 is 9.47 Å². The highest BCUT2D eigenvalue weighted by Crippen LogP contribution is 2.35. The number of rotatable bonds is 7. The van der Waals surface area contributed by atoms with Crippen LogP contribution in [0.15, 0.2) is 41.3 Å². The lowest BCUT2D eigenvalue weighted by Crippen LogP contribution is -2.49. The van der Waals surface area contributed by atoms with Gasteiger partial charge in [-0.1, -0.05) is 6.07 Å². The molecule has 2 aromatic carbocycles. The largest absolute Gasteiger partial charge is 0.456 e. The average Bonchev–Trinajstić information content (AvgIpc) is 2.71. The minimum Gasteiger partial charge on any atom is -0.456 e. The van der Waals surface area contributed by atoms with Gasteiger partial charge in [0.25, 0.3) is 5.69 Å². The van der Waals surface area contributed by atoms with Crippen LogP contribution in [0.1, 0.15) is 31.9 Å². The number of nitro benzene ring substituents is 1. The molecule has 0 spiro atoms. The molecule has 0 aliphatic carbocycles. The maximum absolute atomic E-state index is 13.5. The Morgan fingerprint density at radius 1 is 1.00 bits per heavy atom. The summed E-state index contributed by atoms with van der Waals surface area (Å²) in [6.07, 6.45) is 0. The van der Waals surface area contributed by atoms with E-state index in [-0.39, 0.29) is 35.0 Å². The third kappa shape index (κ3) is 6.50. The fraction of sp³-hybridized carbons (Fsp3) is 0.478. The van der Waals surface area contributed by atoms with Crippen molar-refractivity contribution < 1.29 is 22.8 Å². The molecule has 1 heterocycles. The zero-order valence-electron chi connectivity index (χ0n) is 19.7. The van der Waals surface area contributed by atoms with Crippen LogP contribution in [0.3, 0.4) is 0 Å². The van der Waals surface area contributed by atoms with E-state index in [1.54, 1.807) is 12.1 Å². The van der Waals surface area contributed by atoms with Crippen molar-refractivity contribution in [1.82, 2.24) is 9.21 Å². The molecule has 0 N–H and O–H groups in total. The van der Waals surface area contributed by atoms with E-state index in [4.69, 9.17) is 9.47 Å². The average molecular weight is 478 g/mol. The van der Waals surface area contributed by atoms with E-state index >= 15 is 0 Å². The molecule has 0 radical (unpaired) electrons. The molecule has 1 aliphatic rings. The molecule has 180 valence electrons. The molecule has 1 saturated heterocycles. The Balaban J connectivity index is 1.86. The first kappa shape index (κ1) is 25.1. The predicted molar refractivity (Wildman–Crippen MR) is 125 cm³/mol. The number of nitrogens with zero attached hydrogens (tertiary/aromatic N) is 3. The van der Waals surface area contributed by atoms with Gasteiger partial charge in [-0.15, -0.1) is 0 Å². The predicted octanol–water partition coefficient (Wildman–Crippen LogP) is 4.08. The van der Waals surface area contributed by atoms with Gasteiger partial charge in [-0.05, 0) is 63.9 Å². The first-order valence-electron chi connectivity index (χ1n) is 10.8. The second kappa shape index (κ2) is 9.76. The van der Waals surface area contributed by atoms with Crippen LogP contribution >= 0.6 is 0 Å². The maximum atomic E-state index is 13.5. The van der Waals surface area contributed by atoms with Crippen molar-refractivity contribution in [2.45, 2.75) is 45.1 Å². The van der Waals surface area contributed by atoms with Gasteiger partial charge in [0.05, 0.1) is 23.3 Å². The van der Waals surface area contributed by atoms with Crippen LogP contribution in [0, 0.1) is 24.0 Å². The Labute approximate surface area is 195 Å². The highest BCUT2D eigenvalue weighted by atomic mass is 32.2. The third-order valence-electron chi connectivity index (χ3n) is 5.19. The zero-order chi connectivity index (χ0) is 24.4. The molecule has 0 unspecified atom stereocenters. The summed E-state index contributed by atoms with van der Waals surface area (Å²) < 4.78 is 40.0. The van der Waals surface area contributed by atoms with E-state index in [1.807, 2.05) is 40.7 Å². The molecule has 0 aromatic heterocycles. The van der Waals surface area contributed by atoms with Crippen molar-refractivity contribution in [1.29, 1.82) is 0 Å². The first-order valence-corrected chi connectivity index (χ1v) is 12.2. The van der Waals surface area contributed by atoms with Crippen LogP contribution in [-0.2, 0) is 14.8 Å². The molecule has 0 atom stereocenters. The molecule has 1 aliphatic heterocycles. The number of non-ortho nitro benzene ring substituents is 1. The van der Waals surface area contributed by atoms with Gasteiger partial charge in [0, 0.05) is 32.2 Å². The molecule has 1 fully saturated rings. The van der Waals surface area contributed by atoms with Crippen LogP contribution in [-0.4, -0.2) is 61.1 Å². The Morgan fingerprint density at radius 3 is 2.15 bits per heavy atom. The summed E-state index contributed by atoms with van der Waals surface area (Å²) in [6, 6.07) is 9.08. The lowest BCUT2D eigenvalue weighted by atomic mass is 10.1. The van der Waals surface area contributed by atoms with Crippen molar-refractivity contribution in [2.75, 3.05) is 32.9 Å². The number of sulfonamides is 1. The topological polar surface area (TPSA) is 102 Å². The van der Waals surface area contributed by atoms with Crippen LogP contribution in [0.4, 0.5) is 5.69 Å². The molecule has 3 rings (SSSR count). The minimum absolute atomic E-state index is 0.0623. The summed E-state index contributed by atoms with van der Waals surface area (Å²) in [7, 11) is -3.92. The highest BCUT2D eigenvalue weighted by Gasteiger charge is 2.32. The smallest absolute Gasteiger partial charge is 0.273 e. The normalized spacial score (nSPS) is 16.0. The maximum Gasteiger partial charge on any atom is 0.273 e. The second-order valence-corrected chi connectivity index (χ2v) is 11.1. The number of hydrogen-bond donors (Lipinski definition) is 0. The number of benzene rings is 2. The van der Waals surface area contributed by atoms with E-state index in [0.29, 0.717) is 25.6 Å². The van der Waals surface area contributed by atoms with Crippen LogP contribution < -0.4 is 4.74 Å². The van der Waals surface area contributed by atoms with Crippen LogP contribution in [0.25, 0.3) is 0 Å². The van der Waals surface area contributed by atoms with E-state index < -0.39 is 14.9 Å². The standard InChI is InChI=1S/C23H31N3O6S/c1-17-12-18(2)14-20(13-17)32-21-15-19(26(27)28)6-7-22(21)33(29,30)25-10-8-24(9-11-25)16-31-23(3,4)5/h6-7,12-15H,8-11,16H2,1-5H3. The third-order valence-corrected chi connectivity index (χ3v) is 7.13. The van der Waals surface area contributed by atoms with Crippen molar-refractivity contribution in [3.63, 3.8) is 0 Å². The minimum atomic E-state index is -3.92. The number of hydrogen-bond acceptors (Lipinski definition) is 7. The van der Waals surface area contributed by atoms with Crippen molar-refractivity contribution >= 4 is 15.7 Å². The van der Waals surface area contributed by atoms with E-state index in [0.717, 1.165) is 17.2 Å². The molecule has 0 amide bonds. The summed E-state index contributed by atoms with van der Waals surface area (Å²) in [5, 5.41) is 11.3. The molecule has 9 nitrogen and oxygen atoms in total. The summed E-state index contributed by atoms with van der Waals surface area (Å²) >= 11 is 0. The van der Waals surface area contributed by atoms with E-state index in [2.05, 4.69) is 4.90 Å². The van der Waals surface area contributed by atoms with Crippen LogP contribution in [0.5, 0.6) is 11.5 Å². The quantitative estimate of drug-likeness (QED) is 0.437. The molecule has 0 bridgehead atoms. The van der Waals surface area contributed by atoms with Gasteiger partial charge in [-0.3, -0.25) is 15.0 Å². The lowest BCUT2D eigenvalue weighted by molar-refractivity contribution is -0.385. The Bertz CT molecular complexity index is 1100. The number of nitro groups is 1. The zero-order valence-corrected chi connectivity index (χ0v) is 20.5. The Morgan fingerprint density at radius 2 is 1.61 bits per heavy atom. The van der Waals surface area contributed by atoms with Crippen LogP contribution in [0.2, 0.25) is 0 Å². The fourth-order valence-corrected chi connectivity index (χ4v) is 5.06. The second-order valence-electron chi connectivity index (χ2n) is 9.22. The van der Waals surface area contributed by atoms with E-state index in [1.165, 1.54) is 16.4 Å². The number of ether oxygens (including phenoxy) is 2. The summed E-state index contributed by atoms with van der Waals surface area (Å²) in [4.78, 5) is 12.7. The number of piperazine rings is 1. The van der Waals surface area contributed by atoms with Crippen molar-refractivity contribution in [2.24, 2.45) is 0 Å². The van der Waals surface area contributed by atoms with Crippen molar-refractivity contribution in [3.8, 4) is 11.5 Å². The molecular formula is C23H31N3O6S. The lowest BCUT2D eigenvalue weighted by Gasteiger charge is -2.35. The van der Waals surface area contributed by atoms with Gasteiger partial charge >= 0.3 is 0 Å². The number of aryl methyl sites for hydroxylation is 2.